The Morgan fingerprint density at radius 2 is 1.75 bits per heavy atom. The van der Waals surface area contributed by atoms with Crippen LogP contribution >= 0.6 is 11.8 Å². The summed E-state index contributed by atoms with van der Waals surface area (Å²) < 4.78 is 29.2. The van der Waals surface area contributed by atoms with Crippen molar-refractivity contribution < 1.29 is 13.6 Å². The Labute approximate surface area is 187 Å². The number of carbonyl (C=O) groups is 1. The number of nitrogens with zero attached hydrogens (tertiary/aromatic N) is 4. The zero-order chi connectivity index (χ0) is 22.7. The second-order valence-electron chi connectivity index (χ2n) is 7.09. The Balaban J connectivity index is 1.64. The number of benzene rings is 2. The Morgan fingerprint density at radius 1 is 1.03 bits per heavy atom. The largest absolute Gasteiger partial charge is 0.323 e. The van der Waals surface area contributed by atoms with Crippen LogP contribution in [0.4, 0.5) is 14.5 Å². The SMILES string of the molecule is Cc1ccc(-n2c(SC(C)C(=O)Nc3cc(F)ccc3F)nnc2-c2ccncc2)cc1. The topological polar surface area (TPSA) is 72.7 Å². The number of amides is 1. The van der Waals surface area contributed by atoms with Gasteiger partial charge in [-0.3, -0.25) is 14.3 Å². The van der Waals surface area contributed by atoms with E-state index in [1.165, 1.54) is 11.8 Å². The molecule has 4 rings (SSSR count). The van der Waals surface area contributed by atoms with Crippen molar-refractivity contribution in [3.8, 4) is 17.1 Å². The molecule has 162 valence electrons. The number of aryl methyl sites for hydroxylation is 1. The molecule has 0 bridgehead atoms. The Bertz CT molecular complexity index is 1250. The van der Waals surface area contributed by atoms with Crippen molar-refractivity contribution in [3.05, 3.63) is 84.2 Å². The molecule has 0 spiro atoms. The van der Waals surface area contributed by atoms with Crippen LogP contribution in [-0.4, -0.2) is 30.9 Å². The zero-order valence-electron chi connectivity index (χ0n) is 17.3. The summed E-state index contributed by atoms with van der Waals surface area (Å²) >= 11 is 1.17. The number of halogens is 2. The average molecular weight is 452 g/mol. The highest BCUT2D eigenvalue weighted by Gasteiger charge is 2.22. The number of aromatic nitrogens is 4. The highest BCUT2D eigenvalue weighted by Crippen LogP contribution is 2.30. The van der Waals surface area contributed by atoms with E-state index in [4.69, 9.17) is 0 Å². The third kappa shape index (κ3) is 4.67. The molecule has 4 aromatic rings. The second kappa shape index (κ2) is 9.27. The fourth-order valence-electron chi connectivity index (χ4n) is 3.00. The van der Waals surface area contributed by atoms with Gasteiger partial charge in [-0.15, -0.1) is 10.2 Å². The standard InChI is InChI=1S/C23H19F2N5OS/c1-14-3-6-18(7-4-14)30-21(16-9-11-26-12-10-16)28-29-23(30)32-15(2)22(31)27-20-13-17(24)5-8-19(20)25/h3-13,15H,1-2H3,(H,27,31). The lowest BCUT2D eigenvalue weighted by atomic mass is 10.2. The lowest BCUT2D eigenvalue weighted by Gasteiger charge is -2.14. The van der Waals surface area contributed by atoms with Gasteiger partial charge in [-0.2, -0.15) is 0 Å². The highest BCUT2D eigenvalue weighted by atomic mass is 32.2. The van der Waals surface area contributed by atoms with E-state index in [9.17, 15) is 13.6 Å². The number of rotatable bonds is 6. The van der Waals surface area contributed by atoms with Crippen molar-refractivity contribution in [2.75, 3.05) is 5.32 Å². The molecule has 1 amide bonds. The summed E-state index contributed by atoms with van der Waals surface area (Å²) in [6.45, 7) is 3.66. The van der Waals surface area contributed by atoms with E-state index in [0.717, 1.165) is 35.0 Å². The van der Waals surface area contributed by atoms with Crippen LogP contribution in [-0.2, 0) is 4.79 Å². The summed E-state index contributed by atoms with van der Waals surface area (Å²) in [5, 5.41) is 10.9. The number of hydrogen-bond acceptors (Lipinski definition) is 5. The number of hydrogen-bond donors (Lipinski definition) is 1. The third-order valence-electron chi connectivity index (χ3n) is 4.70. The fraction of sp³-hybridized carbons (Fsp3) is 0.130. The smallest absolute Gasteiger partial charge is 0.237 e. The number of anilines is 1. The van der Waals surface area contributed by atoms with Gasteiger partial charge >= 0.3 is 0 Å². The van der Waals surface area contributed by atoms with Crippen molar-refractivity contribution >= 4 is 23.4 Å². The van der Waals surface area contributed by atoms with Gasteiger partial charge in [-0.1, -0.05) is 29.5 Å². The van der Waals surface area contributed by atoms with E-state index in [1.807, 2.05) is 47.9 Å². The average Bonchev–Trinajstić information content (AvgIpc) is 3.20. The van der Waals surface area contributed by atoms with Crippen LogP contribution in [0.15, 0.2) is 72.1 Å². The molecule has 0 aliphatic heterocycles. The molecule has 0 saturated heterocycles. The lowest BCUT2D eigenvalue weighted by molar-refractivity contribution is -0.115. The van der Waals surface area contributed by atoms with E-state index in [-0.39, 0.29) is 5.69 Å². The first-order valence-corrected chi connectivity index (χ1v) is 10.7. The van der Waals surface area contributed by atoms with E-state index in [2.05, 4.69) is 20.5 Å². The number of nitrogens with one attached hydrogen (secondary N) is 1. The molecule has 0 radical (unpaired) electrons. The summed E-state index contributed by atoms with van der Waals surface area (Å²) in [5.74, 6) is -1.23. The van der Waals surface area contributed by atoms with Crippen molar-refractivity contribution in [2.45, 2.75) is 24.3 Å². The molecule has 32 heavy (non-hydrogen) atoms. The molecule has 6 nitrogen and oxygen atoms in total. The summed E-state index contributed by atoms with van der Waals surface area (Å²) in [6.07, 6.45) is 3.33. The maximum Gasteiger partial charge on any atom is 0.237 e. The third-order valence-corrected chi connectivity index (χ3v) is 5.74. The summed E-state index contributed by atoms with van der Waals surface area (Å²) in [5.41, 5.74) is 2.55. The molecule has 9 heteroatoms. The molecule has 0 fully saturated rings. The van der Waals surface area contributed by atoms with Gasteiger partial charge in [-0.05, 0) is 50.2 Å². The second-order valence-corrected chi connectivity index (χ2v) is 8.39. The fourth-order valence-corrected chi connectivity index (χ4v) is 3.87. The molecule has 2 aromatic heterocycles. The number of carbonyl (C=O) groups excluding carboxylic acids is 1. The Kier molecular flexibility index (Phi) is 6.27. The van der Waals surface area contributed by atoms with Crippen LogP contribution in [0.2, 0.25) is 0 Å². The maximum atomic E-state index is 13.9. The molecular formula is C23H19F2N5OS. The summed E-state index contributed by atoms with van der Waals surface area (Å²) in [4.78, 5) is 16.7. The van der Waals surface area contributed by atoms with E-state index in [1.54, 1.807) is 19.3 Å². The minimum Gasteiger partial charge on any atom is -0.323 e. The van der Waals surface area contributed by atoms with Gasteiger partial charge in [0, 0.05) is 29.7 Å². The Morgan fingerprint density at radius 3 is 2.47 bits per heavy atom. The van der Waals surface area contributed by atoms with E-state index >= 15 is 0 Å². The van der Waals surface area contributed by atoms with Crippen molar-refractivity contribution in [3.63, 3.8) is 0 Å². The van der Waals surface area contributed by atoms with Crippen LogP contribution in [0.25, 0.3) is 17.1 Å². The Hall–Kier alpha value is -3.59. The van der Waals surface area contributed by atoms with Crippen LogP contribution in [0.1, 0.15) is 12.5 Å². The predicted molar refractivity (Wildman–Crippen MR) is 120 cm³/mol. The summed E-state index contributed by atoms with van der Waals surface area (Å²) in [7, 11) is 0. The van der Waals surface area contributed by atoms with E-state index in [0.29, 0.717) is 11.0 Å². The quantitative estimate of drug-likeness (QED) is 0.416. The molecule has 1 N–H and O–H groups in total. The van der Waals surface area contributed by atoms with Gasteiger partial charge in [0.2, 0.25) is 5.91 Å². The maximum absolute atomic E-state index is 13.9. The molecule has 0 saturated carbocycles. The zero-order valence-corrected chi connectivity index (χ0v) is 18.1. The van der Waals surface area contributed by atoms with Gasteiger partial charge in [0.25, 0.3) is 0 Å². The van der Waals surface area contributed by atoms with Gasteiger partial charge in [0.1, 0.15) is 11.6 Å². The van der Waals surface area contributed by atoms with Crippen LogP contribution in [0.5, 0.6) is 0 Å². The monoisotopic (exact) mass is 451 g/mol. The van der Waals surface area contributed by atoms with Crippen LogP contribution < -0.4 is 5.32 Å². The van der Waals surface area contributed by atoms with Crippen LogP contribution in [0, 0.1) is 18.6 Å². The molecule has 2 heterocycles. The molecule has 1 atom stereocenters. The predicted octanol–water partition coefficient (Wildman–Crippen LogP) is 5.04. The van der Waals surface area contributed by atoms with Crippen molar-refractivity contribution in [1.29, 1.82) is 0 Å². The molecular weight excluding hydrogens is 432 g/mol. The highest BCUT2D eigenvalue weighted by molar-refractivity contribution is 8.00. The van der Waals surface area contributed by atoms with Gasteiger partial charge < -0.3 is 5.32 Å². The van der Waals surface area contributed by atoms with Gasteiger partial charge in [0.05, 0.1) is 10.9 Å². The van der Waals surface area contributed by atoms with Gasteiger partial charge in [0.15, 0.2) is 11.0 Å². The van der Waals surface area contributed by atoms with Gasteiger partial charge in [-0.25, -0.2) is 8.78 Å². The van der Waals surface area contributed by atoms with E-state index < -0.39 is 22.8 Å². The summed E-state index contributed by atoms with van der Waals surface area (Å²) in [6, 6.07) is 14.4. The van der Waals surface area contributed by atoms with Crippen LogP contribution in [0.3, 0.4) is 0 Å². The minimum atomic E-state index is -0.709. The lowest BCUT2D eigenvalue weighted by Crippen LogP contribution is -2.23. The molecule has 2 aromatic carbocycles. The first kappa shape index (κ1) is 21.6. The molecule has 1 unspecified atom stereocenters. The van der Waals surface area contributed by atoms with Crippen molar-refractivity contribution in [1.82, 2.24) is 19.7 Å². The number of thioether (sulfide) groups is 1. The molecule has 0 aliphatic carbocycles. The first-order valence-electron chi connectivity index (χ1n) is 9.78. The first-order chi connectivity index (χ1) is 15.4. The minimum absolute atomic E-state index is 0.208. The number of pyridine rings is 1. The van der Waals surface area contributed by atoms with Crippen molar-refractivity contribution in [2.24, 2.45) is 0 Å². The normalized spacial score (nSPS) is 11.9. The molecule has 0 aliphatic rings.